The van der Waals surface area contributed by atoms with Crippen LogP contribution in [0.25, 0.3) is 11.3 Å². The van der Waals surface area contributed by atoms with Gasteiger partial charge in [-0.15, -0.1) is 0 Å². The van der Waals surface area contributed by atoms with Gasteiger partial charge in [-0.2, -0.15) is 8.42 Å². The van der Waals surface area contributed by atoms with Gasteiger partial charge in [0.05, 0.1) is 12.8 Å². The first kappa shape index (κ1) is 26.6. The number of sulfonamides is 1. The van der Waals surface area contributed by atoms with Crippen molar-refractivity contribution in [3.63, 3.8) is 0 Å². The Morgan fingerprint density at radius 1 is 0.921 bits per heavy atom. The summed E-state index contributed by atoms with van der Waals surface area (Å²) >= 11 is 0. The van der Waals surface area contributed by atoms with E-state index in [4.69, 9.17) is 15.2 Å². The van der Waals surface area contributed by atoms with Crippen LogP contribution in [0, 0.1) is 27.7 Å². The van der Waals surface area contributed by atoms with Gasteiger partial charge in [-0.25, -0.2) is 19.7 Å². The molecule has 38 heavy (non-hydrogen) atoms. The predicted molar refractivity (Wildman–Crippen MR) is 143 cm³/mol. The Hall–Kier alpha value is -4.51. The SMILES string of the molecule is COc1ncc(-c2ccc(C(=O)NS(=O)(=O)c3cccc(N)n3)c(Oc3c(C)cc(C)cc3C)n2)cc1C. The van der Waals surface area contributed by atoms with E-state index in [0.717, 1.165) is 22.3 Å². The molecule has 4 rings (SSSR count). The standard InChI is InChI=1S/C27H27N5O5S/c1-15-11-16(2)24(17(3)12-15)37-27-20(25(33)32-38(34,35)23-8-6-7-22(28)31-23)9-10-21(30-27)19-13-18(4)26(36-5)29-14-19/h6-14H,1-5H3,(H2,28,31)(H,32,33). The van der Waals surface area contributed by atoms with Gasteiger partial charge in [0, 0.05) is 17.3 Å². The molecule has 0 atom stereocenters. The molecule has 0 spiro atoms. The average Bonchev–Trinajstić information content (AvgIpc) is 2.85. The molecule has 4 aromatic rings. The molecule has 196 valence electrons. The lowest BCUT2D eigenvalue weighted by molar-refractivity contribution is 0.0978. The number of aryl methyl sites for hydroxylation is 4. The largest absolute Gasteiger partial charge is 0.481 e. The highest BCUT2D eigenvalue weighted by Gasteiger charge is 2.25. The molecule has 3 aromatic heterocycles. The number of amides is 1. The van der Waals surface area contributed by atoms with Crippen molar-refractivity contribution in [3.8, 4) is 28.8 Å². The van der Waals surface area contributed by atoms with Gasteiger partial charge >= 0.3 is 0 Å². The number of hydrogen-bond acceptors (Lipinski definition) is 9. The molecule has 0 saturated heterocycles. The predicted octanol–water partition coefficient (Wildman–Crippen LogP) is 4.27. The minimum Gasteiger partial charge on any atom is -0.481 e. The van der Waals surface area contributed by atoms with Crippen molar-refractivity contribution in [1.82, 2.24) is 19.7 Å². The Morgan fingerprint density at radius 3 is 2.26 bits per heavy atom. The number of ether oxygens (including phenoxy) is 2. The lowest BCUT2D eigenvalue weighted by Crippen LogP contribution is -2.31. The molecular formula is C27H27N5O5S. The lowest BCUT2D eigenvalue weighted by Gasteiger charge is -2.16. The van der Waals surface area contributed by atoms with Crippen molar-refractivity contribution in [3.05, 3.63) is 82.5 Å². The maximum Gasteiger partial charge on any atom is 0.281 e. The fraction of sp³-hybridized carbons (Fsp3) is 0.185. The minimum absolute atomic E-state index is 0.00378. The summed E-state index contributed by atoms with van der Waals surface area (Å²) in [5.74, 6) is -0.00995. The lowest BCUT2D eigenvalue weighted by atomic mass is 10.1. The summed E-state index contributed by atoms with van der Waals surface area (Å²) in [6.45, 7) is 7.58. The van der Waals surface area contributed by atoms with Crippen LogP contribution in [0.4, 0.5) is 5.82 Å². The zero-order valence-corrected chi connectivity index (χ0v) is 22.4. The average molecular weight is 534 g/mol. The molecule has 0 bridgehead atoms. The van der Waals surface area contributed by atoms with Crippen LogP contribution in [0.15, 0.2) is 59.8 Å². The Balaban J connectivity index is 1.79. The van der Waals surface area contributed by atoms with E-state index in [0.29, 0.717) is 22.9 Å². The van der Waals surface area contributed by atoms with Gasteiger partial charge in [-0.1, -0.05) is 23.8 Å². The Bertz CT molecular complexity index is 1630. The van der Waals surface area contributed by atoms with E-state index in [1.54, 1.807) is 12.3 Å². The molecule has 1 aromatic carbocycles. The first-order valence-electron chi connectivity index (χ1n) is 11.6. The number of carbonyl (C=O) groups is 1. The molecule has 0 unspecified atom stereocenters. The number of pyridine rings is 3. The number of nitrogens with two attached hydrogens (primary N) is 1. The number of rotatable bonds is 7. The van der Waals surface area contributed by atoms with Crippen LogP contribution in [0.1, 0.15) is 32.6 Å². The molecule has 10 nitrogen and oxygen atoms in total. The number of nitrogen functional groups attached to an aromatic ring is 1. The Kier molecular flexibility index (Phi) is 7.31. The molecule has 3 N–H and O–H groups in total. The van der Waals surface area contributed by atoms with E-state index in [-0.39, 0.29) is 22.3 Å². The number of nitrogens with zero attached hydrogens (tertiary/aromatic N) is 3. The second-order valence-corrected chi connectivity index (χ2v) is 10.4. The topological polar surface area (TPSA) is 146 Å². The number of carbonyl (C=O) groups excluding carboxylic acids is 1. The van der Waals surface area contributed by atoms with Crippen molar-refractivity contribution in [2.24, 2.45) is 0 Å². The van der Waals surface area contributed by atoms with E-state index >= 15 is 0 Å². The van der Waals surface area contributed by atoms with Crippen molar-refractivity contribution in [2.45, 2.75) is 32.7 Å². The van der Waals surface area contributed by atoms with Crippen LogP contribution in [-0.4, -0.2) is 36.4 Å². The number of hydrogen-bond donors (Lipinski definition) is 2. The van der Waals surface area contributed by atoms with E-state index in [9.17, 15) is 13.2 Å². The van der Waals surface area contributed by atoms with E-state index < -0.39 is 15.9 Å². The summed E-state index contributed by atoms with van der Waals surface area (Å²) in [5.41, 5.74) is 10.2. The molecular weight excluding hydrogens is 506 g/mol. The van der Waals surface area contributed by atoms with Gasteiger partial charge in [0.25, 0.3) is 15.9 Å². The zero-order valence-electron chi connectivity index (χ0n) is 21.6. The summed E-state index contributed by atoms with van der Waals surface area (Å²) in [6.07, 6.45) is 1.59. The van der Waals surface area contributed by atoms with Crippen LogP contribution < -0.4 is 19.9 Å². The van der Waals surface area contributed by atoms with Gasteiger partial charge in [-0.3, -0.25) is 4.79 Å². The van der Waals surface area contributed by atoms with E-state index in [1.165, 1.54) is 31.4 Å². The van der Waals surface area contributed by atoms with Gasteiger partial charge in [-0.05, 0) is 69.2 Å². The fourth-order valence-electron chi connectivity index (χ4n) is 4.00. The maximum absolute atomic E-state index is 13.2. The number of methoxy groups -OCH3 is 1. The highest BCUT2D eigenvalue weighted by molar-refractivity contribution is 7.90. The first-order chi connectivity index (χ1) is 18.0. The summed E-state index contributed by atoms with van der Waals surface area (Å²) in [5, 5.41) is -0.386. The molecule has 0 radical (unpaired) electrons. The summed E-state index contributed by atoms with van der Waals surface area (Å²) in [6, 6.07) is 12.9. The number of anilines is 1. The summed E-state index contributed by atoms with van der Waals surface area (Å²) in [7, 11) is -2.78. The second kappa shape index (κ2) is 10.5. The second-order valence-electron chi connectivity index (χ2n) is 8.76. The zero-order chi connectivity index (χ0) is 27.6. The van der Waals surface area contributed by atoms with Gasteiger partial charge < -0.3 is 15.2 Å². The molecule has 0 aliphatic rings. The van der Waals surface area contributed by atoms with Crippen LogP contribution in [0.3, 0.4) is 0 Å². The fourth-order valence-corrected chi connectivity index (χ4v) is 4.94. The van der Waals surface area contributed by atoms with E-state index in [1.807, 2.05) is 50.6 Å². The highest BCUT2D eigenvalue weighted by Crippen LogP contribution is 2.33. The van der Waals surface area contributed by atoms with Crippen molar-refractivity contribution < 1.29 is 22.7 Å². The molecule has 0 aliphatic heterocycles. The van der Waals surface area contributed by atoms with Gasteiger partial charge in [0.1, 0.15) is 17.1 Å². The van der Waals surface area contributed by atoms with Gasteiger partial charge in [0.15, 0.2) is 5.03 Å². The van der Waals surface area contributed by atoms with Gasteiger partial charge in [0.2, 0.25) is 11.8 Å². The third kappa shape index (κ3) is 5.57. The Labute approximate surface area is 220 Å². The van der Waals surface area contributed by atoms with E-state index in [2.05, 4.69) is 15.0 Å². The van der Waals surface area contributed by atoms with Crippen LogP contribution in [0.2, 0.25) is 0 Å². The number of nitrogens with one attached hydrogen (secondary N) is 1. The Morgan fingerprint density at radius 2 is 1.63 bits per heavy atom. The maximum atomic E-state index is 13.2. The van der Waals surface area contributed by atoms with Crippen molar-refractivity contribution in [1.29, 1.82) is 0 Å². The van der Waals surface area contributed by atoms with Crippen LogP contribution >= 0.6 is 0 Å². The number of aromatic nitrogens is 3. The quantitative estimate of drug-likeness (QED) is 0.355. The monoisotopic (exact) mass is 533 g/mol. The third-order valence-electron chi connectivity index (χ3n) is 5.68. The first-order valence-corrected chi connectivity index (χ1v) is 13.0. The molecule has 0 saturated carbocycles. The van der Waals surface area contributed by atoms with Crippen molar-refractivity contribution >= 4 is 21.7 Å². The minimum atomic E-state index is -4.32. The smallest absolute Gasteiger partial charge is 0.281 e. The molecule has 0 fully saturated rings. The molecule has 1 amide bonds. The molecule has 11 heteroatoms. The summed E-state index contributed by atoms with van der Waals surface area (Å²) < 4.78 is 39.1. The van der Waals surface area contributed by atoms with Crippen molar-refractivity contribution in [2.75, 3.05) is 12.8 Å². The third-order valence-corrected chi connectivity index (χ3v) is 6.91. The normalized spacial score (nSPS) is 11.2. The molecule has 0 aliphatic carbocycles. The van der Waals surface area contributed by atoms with Crippen LogP contribution in [-0.2, 0) is 10.0 Å². The highest BCUT2D eigenvalue weighted by atomic mass is 32.2. The summed E-state index contributed by atoms with van der Waals surface area (Å²) in [4.78, 5) is 25.9. The molecule has 3 heterocycles. The van der Waals surface area contributed by atoms with Crippen LogP contribution in [0.5, 0.6) is 17.5 Å². The number of benzene rings is 1.